The maximum atomic E-state index is 12.0. The highest BCUT2D eigenvalue weighted by Crippen LogP contribution is 2.14. The number of carbonyl (C=O) groups excluding carboxylic acids is 2. The zero-order valence-electron chi connectivity index (χ0n) is 12.0. The molecule has 0 saturated carbocycles. The molecule has 1 N–H and O–H groups in total. The number of nitrogens with zero attached hydrogens (tertiary/aromatic N) is 3. The molecule has 8 heteroatoms. The first-order valence-electron chi connectivity index (χ1n) is 6.30. The van der Waals surface area contributed by atoms with Crippen molar-refractivity contribution in [1.82, 2.24) is 14.9 Å². The van der Waals surface area contributed by atoms with Crippen LogP contribution in [0, 0.1) is 13.8 Å². The van der Waals surface area contributed by atoms with Crippen LogP contribution in [0.3, 0.4) is 0 Å². The van der Waals surface area contributed by atoms with Gasteiger partial charge in [0.15, 0.2) is 0 Å². The normalized spacial score (nSPS) is 10.4. The van der Waals surface area contributed by atoms with Crippen molar-refractivity contribution >= 4 is 17.6 Å². The van der Waals surface area contributed by atoms with Crippen molar-refractivity contribution in [1.29, 1.82) is 0 Å². The average Bonchev–Trinajstić information content (AvgIpc) is 3.00. The van der Waals surface area contributed by atoms with Crippen LogP contribution < -0.4 is 5.32 Å². The molecule has 0 atom stereocenters. The van der Waals surface area contributed by atoms with E-state index in [9.17, 15) is 9.59 Å². The molecular formula is C13H16N4O4. The molecule has 0 unspecified atom stereocenters. The molecule has 0 spiro atoms. The Morgan fingerprint density at radius 1 is 1.43 bits per heavy atom. The van der Waals surface area contributed by atoms with Crippen LogP contribution >= 0.6 is 0 Å². The lowest BCUT2D eigenvalue weighted by Gasteiger charge is -2.02. The number of rotatable bonds is 5. The van der Waals surface area contributed by atoms with Gasteiger partial charge in [-0.25, -0.2) is 0 Å². The molecule has 2 heterocycles. The Labute approximate surface area is 121 Å². The number of aromatic nitrogens is 3. The van der Waals surface area contributed by atoms with Gasteiger partial charge in [0.2, 0.25) is 5.91 Å². The minimum absolute atomic E-state index is 0.00373. The SMILES string of the molecule is COC(=O)Cn1cc(NC(=O)Cc2c(C)noc2C)cn1. The van der Waals surface area contributed by atoms with E-state index in [0.717, 1.165) is 5.56 Å². The van der Waals surface area contributed by atoms with Crippen LogP contribution in [0.4, 0.5) is 5.69 Å². The number of carbonyl (C=O) groups is 2. The van der Waals surface area contributed by atoms with E-state index in [0.29, 0.717) is 17.1 Å². The third-order valence-corrected chi connectivity index (χ3v) is 2.95. The summed E-state index contributed by atoms with van der Waals surface area (Å²) < 4.78 is 10.9. The molecule has 0 radical (unpaired) electrons. The van der Waals surface area contributed by atoms with Gasteiger partial charge in [-0.2, -0.15) is 5.10 Å². The molecule has 112 valence electrons. The van der Waals surface area contributed by atoms with Gasteiger partial charge < -0.3 is 14.6 Å². The molecule has 21 heavy (non-hydrogen) atoms. The van der Waals surface area contributed by atoms with Crippen molar-refractivity contribution < 1.29 is 18.8 Å². The van der Waals surface area contributed by atoms with Crippen molar-refractivity contribution in [3.63, 3.8) is 0 Å². The second kappa shape index (κ2) is 6.21. The molecule has 0 saturated heterocycles. The van der Waals surface area contributed by atoms with E-state index in [4.69, 9.17) is 4.52 Å². The Bertz CT molecular complexity index is 639. The predicted molar refractivity (Wildman–Crippen MR) is 72.6 cm³/mol. The van der Waals surface area contributed by atoms with Gasteiger partial charge in [0.25, 0.3) is 0 Å². The Morgan fingerprint density at radius 2 is 2.19 bits per heavy atom. The van der Waals surface area contributed by atoms with Gasteiger partial charge in [-0.05, 0) is 13.8 Å². The summed E-state index contributed by atoms with van der Waals surface area (Å²) in [4.78, 5) is 23.1. The van der Waals surface area contributed by atoms with Gasteiger partial charge in [0, 0.05) is 11.8 Å². The summed E-state index contributed by atoms with van der Waals surface area (Å²) in [5, 5.41) is 10.5. The molecule has 0 aromatic carbocycles. The molecule has 0 fully saturated rings. The molecule has 0 aliphatic heterocycles. The van der Waals surface area contributed by atoms with Crippen molar-refractivity contribution in [2.24, 2.45) is 0 Å². The molecular weight excluding hydrogens is 276 g/mol. The highest BCUT2D eigenvalue weighted by molar-refractivity contribution is 5.92. The summed E-state index contributed by atoms with van der Waals surface area (Å²) in [6, 6.07) is 0. The third-order valence-electron chi connectivity index (χ3n) is 2.95. The topological polar surface area (TPSA) is 99.2 Å². The highest BCUT2D eigenvalue weighted by atomic mass is 16.5. The summed E-state index contributed by atoms with van der Waals surface area (Å²) in [5.41, 5.74) is 1.98. The second-order valence-corrected chi connectivity index (χ2v) is 4.53. The number of amides is 1. The number of anilines is 1. The summed E-state index contributed by atoms with van der Waals surface area (Å²) in [5.74, 6) is 0.0118. The van der Waals surface area contributed by atoms with Gasteiger partial charge in [-0.3, -0.25) is 14.3 Å². The van der Waals surface area contributed by atoms with E-state index < -0.39 is 5.97 Å². The number of nitrogens with one attached hydrogen (secondary N) is 1. The van der Waals surface area contributed by atoms with Crippen LogP contribution in [0.5, 0.6) is 0 Å². The summed E-state index contributed by atoms with van der Waals surface area (Å²) in [6.07, 6.45) is 3.19. The smallest absolute Gasteiger partial charge is 0.327 e. The van der Waals surface area contributed by atoms with Crippen molar-refractivity contribution in [3.05, 3.63) is 29.4 Å². The molecule has 1 amide bonds. The number of ether oxygens (including phenoxy) is 1. The van der Waals surface area contributed by atoms with E-state index >= 15 is 0 Å². The average molecular weight is 292 g/mol. The third kappa shape index (κ3) is 3.68. The zero-order chi connectivity index (χ0) is 15.4. The van der Waals surface area contributed by atoms with Crippen LogP contribution in [0.2, 0.25) is 0 Å². The fourth-order valence-electron chi connectivity index (χ4n) is 1.83. The van der Waals surface area contributed by atoms with E-state index in [1.54, 1.807) is 20.0 Å². The van der Waals surface area contributed by atoms with Gasteiger partial charge in [-0.15, -0.1) is 0 Å². The fraction of sp³-hybridized carbons (Fsp3) is 0.385. The molecule has 0 aliphatic rings. The van der Waals surface area contributed by atoms with Crippen LogP contribution in [-0.2, 0) is 27.3 Å². The van der Waals surface area contributed by atoms with E-state index in [2.05, 4.69) is 20.3 Å². The lowest BCUT2D eigenvalue weighted by atomic mass is 10.1. The zero-order valence-corrected chi connectivity index (χ0v) is 12.0. The number of hydrogen-bond donors (Lipinski definition) is 1. The minimum Gasteiger partial charge on any atom is -0.468 e. The fourth-order valence-corrected chi connectivity index (χ4v) is 1.83. The monoisotopic (exact) mass is 292 g/mol. The van der Waals surface area contributed by atoms with Crippen LogP contribution in [0.25, 0.3) is 0 Å². The lowest BCUT2D eigenvalue weighted by molar-refractivity contribution is -0.141. The standard InChI is InChI=1S/C13H16N4O4/c1-8-11(9(2)21-16-8)4-12(18)15-10-5-14-17(6-10)7-13(19)20-3/h5-6H,4,7H2,1-3H3,(H,15,18). The van der Waals surface area contributed by atoms with Crippen LogP contribution in [-0.4, -0.2) is 33.9 Å². The Kier molecular flexibility index (Phi) is 4.36. The number of aryl methyl sites for hydroxylation is 2. The van der Waals surface area contributed by atoms with Crippen molar-refractivity contribution in [2.45, 2.75) is 26.8 Å². The predicted octanol–water partition coefficient (Wildman–Crippen LogP) is 0.842. The first-order valence-corrected chi connectivity index (χ1v) is 6.30. The highest BCUT2D eigenvalue weighted by Gasteiger charge is 2.14. The molecule has 0 aliphatic carbocycles. The van der Waals surface area contributed by atoms with Gasteiger partial charge in [-0.1, -0.05) is 5.16 Å². The van der Waals surface area contributed by atoms with Crippen LogP contribution in [0.15, 0.2) is 16.9 Å². The number of methoxy groups -OCH3 is 1. The lowest BCUT2D eigenvalue weighted by Crippen LogP contribution is -2.15. The van der Waals surface area contributed by atoms with E-state index in [-0.39, 0.29) is 18.9 Å². The summed E-state index contributed by atoms with van der Waals surface area (Å²) in [6.45, 7) is 3.54. The maximum absolute atomic E-state index is 12.0. The molecule has 2 aromatic heterocycles. The first-order chi connectivity index (χ1) is 9.99. The molecule has 0 bridgehead atoms. The van der Waals surface area contributed by atoms with Crippen LogP contribution in [0.1, 0.15) is 17.0 Å². The number of hydrogen-bond acceptors (Lipinski definition) is 6. The van der Waals surface area contributed by atoms with Crippen molar-refractivity contribution in [2.75, 3.05) is 12.4 Å². The Morgan fingerprint density at radius 3 is 2.81 bits per heavy atom. The molecule has 2 aromatic rings. The van der Waals surface area contributed by atoms with E-state index in [1.807, 2.05) is 0 Å². The Hall–Kier alpha value is -2.64. The van der Waals surface area contributed by atoms with Crippen molar-refractivity contribution in [3.8, 4) is 0 Å². The van der Waals surface area contributed by atoms with Gasteiger partial charge >= 0.3 is 5.97 Å². The quantitative estimate of drug-likeness (QED) is 0.820. The maximum Gasteiger partial charge on any atom is 0.327 e. The first kappa shape index (κ1) is 14.8. The number of esters is 1. The minimum atomic E-state index is -0.410. The molecule has 2 rings (SSSR count). The summed E-state index contributed by atoms with van der Waals surface area (Å²) >= 11 is 0. The largest absolute Gasteiger partial charge is 0.468 e. The second-order valence-electron chi connectivity index (χ2n) is 4.53. The van der Waals surface area contributed by atoms with Gasteiger partial charge in [0.05, 0.1) is 31.1 Å². The van der Waals surface area contributed by atoms with Gasteiger partial charge in [0.1, 0.15) is 12.3 Å². The van der Waals surface area contributed by atoms with E-state index in [1.165, 1.54) is 18.0 Å². The summed E-state index contributed by atoms with van der Waals surface area (Å²) in [7, 11) is 1.30. The Balaban J connectivity index is 1.96. The molecule has 8 nitrogen and oxygen atoms in total.